The van der Waals surface area contributed by atoms with Gasteiger partial charge in [0.15, 0.2) is 0 Å². The normalized spacial score (nSPS) is 16.0. The molecule has 3 heterocycles. The Morgan fingerprint density at radius 3 is 2.57 bits per heavy atom. The van der Waals surface area contributed by atoms with Crippen molar-refractivity contribution >= 4 is 30.7 Å². The van der Waals surface area contributed by atoms with Crippen molar-refractivity contribution in [3.8, 4) is 16.9 Å². The first kappa shape index (κ1) is 21.9. The molecule has 6 nitrogen and oxygen atoms in total. The highest BCUT2D eigenvalue weighted by molar-refractivity contribution is 6.00. The summed E-state index contributed by atoms with van der Waals surface area (Å²) in [4.78, 5) is 19.2. The Morgan fingerprint density at radius 2 is 1.89 bits per heavy atom. The Hall–Kier alpha value is -2.41. The maximum absolute atomic E-state index is 13.2. The first-order chi connectivity index (χ1) is 12.7. The molecule has 1 fully saturated rings. The van der Waals surface area contributed by atoms with Gasteiger partial charge in [0.25, 0.3) is 5.91 Å². The largest absolute Gasteiger partial charge is 0.337 e. The lowest BCUT2D eigenvalue weighted by Crippen LogP contribution is -2.45. The SMILES string of the molecule is Cl.Cl.NC1CCCN(C(=O)c2cn(-c3ccccc3)nc2-c2cccnc2)C1. The second-order valence-electron chi connectivity index (χ2n) is 6.57. The summed E-state index contributed by atoms with van der Waals surface area (Å²) in [6.45, 7) is 1.32. The molecule has 1 amide bonds. The molecule has 1 unspecified atom stereocenters. The molecule has 2 aromatic heterocycles. The second-order valence-corrected chi connectivity index (χ2v) is 6.57. The number of pyridine rings is 1. The van der Waals surface area contributed by atoms with Crippen LogP contribution in [-0.4, -0.2) is 44.7 Å². The van der Waals surface area contributed by atoms with E-state index in [0.29, 0.717) is 17.8 Å². The number of nitrogens with zero attached hydrogens (tertiary/aromatic N) is 4. The van der Waals surface area contributed by atoms with Gasteiger partial charge in [0, 0.05) is 43.3 Å². The lowest BCUT2D eigenvalue weighted by Gasteiger charge is -2.30. The highest BCUT2D eigenvalue weighted by Crippen LogP contribution is 2.25. The number of benzene rings is 1. The first-order valence-corrected chi connectivity index (χ1v) is 8.83. The summed E-state index contributed by atoms with van der Waals surface area (Å²) < 4.78 is 1.75. The molecular formula is C20H23Cl2N5O. The van der Waals surface area contributed by atoms with Crippen LogP contribution in [0.3, 0.4) is 0 Å². The van der Waals surface area contributed by atoms with Crippen LogP contribution in [-0.2, 0) is 0 Å². The van der Waals surface area contributed by atoms with Gasteiger partial charge in [-0.3, -0.25) is 9.78 Å². The van der Waals surface area contributed by atoms with Gasteiger partial charge < -0.3 is 10.6 Å². The number of hydrogen-bond acceptors (Lipinski definition) is 4. The standard InChI is InChI=1S/C20H21N5O.2ClH/c21-16-7-5-11-24(13-16)20(26)18-14-25(17-8-2-1-3-9-17)23-19(18)15-6-4-10-22-12-15;;/h1-4,6,8-10,12,14,16H,5,7,11,13,21H2;2*1H. The third-order valence-electron chi connectivity index (χ3n) is 4.65. The number of hydrogen-bond donors (Lipinski definition) is 1. The quantitative estimate of drug-likeness (QED) is 0.705. The molecule has 0 saturated carbocycles. The van der Waals surface area contributed by atoms with Crippen LogP contribution in [0.4, 0.5) is 0 Å². The number of carbonyl (C=O) groups excluding carboxylic acids is 1. The van der Waals surface area contributed by atoms with Crippen molar-refractivity contribution in [3.63, 3.8) is 0 Å². The smallest absolute Gasteiger partial charge is 0.257 e. The minimum Gasteiger partial charge on any atom is -0.337 e. The van der Waals surface area contributed by atoms with Crippen LogP contribution in [0.5, 0.6) is 0 Å². The Balaban J connectivity index is 0.00000140. The van der Waals surface area contributed by atoms with Gasteiger partial charge in [0.1, 0.15) is 5.69 Å². The minimum atomic E-state index is -0.0267. The van der Waals surface area contributed by atoms with E-state index in [1.54, 1.807) is 23.3 Å². The van der Waals surface area contributed by atoms with E-state index in [0.717, 1.165) is 30.6 Å². The monoisotopic (exact) mass is 419 g/mol. The van der Waals surface area contributed by atoms with Crippen LogP contribution in [0.1, 0.15) is 23.2 Å². The van der Waals surface area contributed by atoms with E-state index in [2.05, 4.69) is 10.1 Å². The lowest BCUT2D eigenvalue weighted by atomic mass is 10.0. The third kappa shape index (κ3) is 4.52. The average molecular weight is 420 g/mol. The van der Waals surface area contributed by atoms with E-state index in [9.17, 15) is 4.79 Å². The van der Waals surface area contributed by atoms with Gasteiger partial charge in [-0.05, 0) is 37.1 Å². The number of para-hydroxylation sites is 1. The van der Waals surface area contributed by atoms with E-state index >= 15 is 0 Å². The fraction of sp³-hybridized carbons (Fsp3) is 0.250. The highest BCUT2D eigenvalue weighted by atomic mass is 35.5. The minimum absolute atomic E-state index is 0. The number of rotatable bonds is 3. The van der Waals surface area contributed by atoms with E-state index < -0.39 is 0 Å². The molecule has 8 heteroatoms. The van der Waals surface area contributed by atoms with Crippen molar-refractivity contribution in [1.29, 1.82) is 0 Å². The molecule has 1 aliphatic heterocycles. The predicted molar refractivity (Wildman–Crippen MR) is 114 cm³/mol. The van der Waals surface area contributed by atoms with E-state index in [-0.39, 0.29) is 36.8 Å². The van der Waals surface area contributed by atoms with Gasteiger partial charge in [-0.1, -0.05) is 18.2 Å². The Bertz CT molecular complexity index is 901. The van der Waals surface area contributed by atoms with Gasteiger partial charge in [0.2, 0.25) is 0 Å². The number of amides is 1. The Kier molecular flexibility index (Phi) is 7.57. The lowest BCUT2D eigenvalue weighted by molar-refractivity contribution is 0.0709. The summed E-state index contributed by atoms with van der Waals surface area (Å²) in [6.07, 6.45) is 7.14. The fourth-order valence-corrected chi connectivity index (χ4v) is 3.32. The highest BCUT2D eigenvalue weighted by Gasteiger charge is 2.26. The summed E-state index contributed by atoms with van der Waals surface area (Å²) in [5.41, 5.74) is 9.02. The van der Waals surface area contributed by atoms with Crippen LogP contribution >= 0.6 is 24.8 Å². The van der Waals surface area contributed by atoms with Crippen LogP contribution in [0.25, 0.3) is 16.9 Å². The van der Waals surface area contributed by atoms with Gasteiger partial charge in [-0.25, -0.2) is 4.68 Å². The van der Waals surface area contributed by atoms with Gasteiger partial charge in [-0.2, -0.15) is 5.10 Å². The van der Waals surface area contributed by atoms with E-state index in [4.69, 9.17) is 5.73 Å². The first-order valence-electron chi connectivity index (χ1n) is 8.83. The summed E-state index contributed by atoms with van der Waals surface area (Å²) >= 11 is 0. The molecule has 28 heavy (non-hydrogen) atoms. The Morgan fingerprint density at radius 1 is 1.11 bits per heavy atom. The Labute approximate surface area is 176 Å². The summed E-state index contributed by atoms with van der Waals surface area (Å²) in [7, 11) is 0. The molecular weight excluding hydrogens is 397 g/mol. The summed E-state index contributed by atoms with van der Waals surface area (Å²) in [5, 5.41) is 4.68. The average Bonchev–Trinajstić information content (AvgIpc) is 3.14. The third-order valence-corrected chi connectivity index (χ3v) is 4.65. The van der Waals surface area contributed by atoms with Crippen LogP contribution in [0, 0.1) is 0 Å². The van der Waals surface area contributed by atoms with Gasteiger partial charge >= 0.3 is 0 Å². The summed E-state index contributed by atoms with van der Waals surface area (Å²) in [5.74, 6) is -0.0267. The molecule has 1 aliphatic rings. The van der Waals surface area contributed by atoms with Crippen molar-refractivity contribution < 1.29 is 4.79 Å². The van der Waals surface area contributed by atoms with Crippen LogP contribution < -0.4 is 5.73 Å². The number of halogens is 2. The molecule has 4 rings (SSSR count). The number of piperidine rings is 1. The zero-order valence-electron chi connectivity index (χ0n) is 15.3. The molecule has 148 valence electrons. The van der Waals surface area contributed by atoms with Crippen LogP contribution in [0.15, 0.2) is 61.1 Å². The molecule has 1 saturated heterocycles. The second kappa shape index (κ2) is 9.68. The summed E-state index contributed by atoms with van der Waals surface area (Å²) in [6, 6.07) is 13.6. The number of likely N-dealkylation sites (tertiary alicyclic amines) is 1. The van der Waals surface area contributed by atoms with Crippen molar-refractivity contribution in [3.05, 3.63) is 66.6 Å². The molecule has 0 bridgehead atoms. The molecule has 3 aromatic rings. The zero-order valence-corrected chi connectivity index (χ0v) is 16.9. The molecule has 0 spiro atoms. The van der Waals surface area contributed by atoms with E-state index in [1.807, 2.05) is 47.4 Å². The van der Waals surface area contributed by atoms with Crippen molar-refractivity contribution in [2.24, 2.45) is 5.73 Å². The van der Waals surface area contributed by atoms with Gasteiger partial charge in [0.05, 0.1) is 11.3 Å². The molecule has 2 N–H and O–H groups in total. The molecule has 1 atom stereocenters. The maximum Gasteiger partial charge on any atom is 0.257 e. The predicted octanol–water partition coefficient (Wildman–Crippen LogP) is 3.34. The maximum atomic E-state index is 13.2. The van der Waals surface area contributed by atoms with Crippen molar-refractivity contribution in [1.82, 2.24) is 19.7 Å². The van der Waals surface area contributed by atoms with Crippen LogP contribution in [0.2, 0.25) is 0 Å². The van der Waals surface area contributed by atoms with Crippen molar-refractivity contribution in [2.75, 3.05) is 13.1 Å². The van der Waals surface area contributed by atoms with E-state index in [1.165, 1.54) is 0 Å². The molecule has 1 aromatic carbocycles. The molecule has 0 radical (unpaired) electrons. The topological polar surface area (TPSA) is 77.0 Å². The van der Waals surface area contributed by atoms with Crippen molar-refractivity contribution in [2.45, 2.75) is 18.9 Å². The zero-order chi connectivity index (χ0) is 17.9. The number of aromatic nitrogens is 3. The molecule has 0 aliphatic carbocycles. The number of carbonyl (C=O) groups is 1. The fourth-order valence-electron chi connectivity index (χ4n) is 3.32. The number of nitrogens with two attached hydrogens (primary N) is 1. The van der Waals surface area contributed by atoms with Gasteiger partial charge in [-0.15, -0.1) is 24.8 Å².